The van der Waals surface area contributed by atoms with Crippen molar-refractivity contribution in [2.45, 2.75) is 19.9 Å². The van der Waals surface area contributed by atoms with Crippen LogP contribution in [0, 0.1) is 10.1 Å². The fraction of sp³-hybridized carbons (Fsp3) is 0.450. The molecule has 0 saturated carbocycles. The molecule has 12 nitrogen and oxygen atoms in total. The van der Waals surface area contributed by atoms with E-state index in [0.29, 0.717) is 32.0 Å². The molecule has 2 N–H and O–H groups in total. The highest BCUT2D eigenvalue weighted by Crippen LogP contribution is 2.30. The molecular formula is C20H24N4O8. The predicted molar refractivity (Wildman–Crippen MR) is 111 cm³/mol. The van der Waals surface area contributed by atoms with Crippen LogP contribution in [0.2, 0.25) is 0 Å². The molecule has 172 valence electrons. The summed E-state index contributed by atoms with van der Waals surface area (Å²) in [4.78, 5) is 49.5. The molecule has 0 aliphatic carbocycles. The summed E-state index contributed by atoms with van der Waals surface area (Å²) < 4.78 is 15.5. The Kier molecular flexibility index (Phi) is 7.25. The maximum atomic E-state index is 12.6. The van der Waals surface area contributed by atoms with E-state index in [-0.39, 0.29) is 29.1 Å². The predicted octanol–water partition coefficient (Wildman–Crippen LogP) is 1.11. The Morgan fingerprint density at radius 2 is 1.97 bits per heavy atom. The molecule has 0 radical (unpaired) electrons. The summed E-state index contributed by atoms with van der Waals surface area (Å²) in [6.07, 6.45) is 0. The minimum absolute atomic E-state index is 0.0275. The van der Waals surface area contributed by atoms with E-state index >= 15 is 0 Å². The Balaban J connectivity index is 1.79. The Labute approximate surface area is 183 Å². The molecule has 12 heteroatoms. The molecule has 0 spiro atoms. The zero-order chi connectivity index (χ0) is 23.3. The van der Waals surface area contributed by atoms with Crippen LogP contribution in [0.5, 0.6) is 0 Å². The van der Waals surface area contributed by atoms with Gasteiger partial charge < -0.3 is 29.7 Å². The van der Waals surface area contributed by atoms with E-state index in [1.807, 2.05) is 4.90 Å². The van der Waals surface area contributed by atoms with Crippen LogP contribution in [0.15, 0.2) is 29.5 Å². The highest BCUT2D eigenvalue weighted by atomic mass is 16.6. The lowest BCUT2D eigenvalue weighted by molar-refractivity contribution is -0.384. The van der Waals surface area contributed by atoms with Gasteiger partial charge in [-0.1, -0.05) is 0 Å². The Morgan fingerprint density at radius 3 is 2.62 bits per heavy atom. The highest BCUT2D eigenvalue weighted by Gasteiger charge is 2.31. The zero-order valence-electron chi connectivity index (χ0n) is 17.7. The Morgan fingerprint density at radius 1 is 1.25 bits per heavy atom. The monoisotopic (exact) mass is 448 g/mol. The number of nitrogens with zero attached hydrogens (tertiary/aromatic N) is 2. The molecule has 0 aromatic heterocycles. The number of hydrogen-bond donors (Lipinski definition) is 2. The summed E-state index contributed by atoms with van der Waals surface area (Å²) in [7, 11) is 0. The van der Waals surface area contributed by atoms with E-state index in [2.05, 4.69) is 10.6 Å². The summed E-state index contributed by atoms with van der Waals surface area (Å²) in [6, 6.07) is 2.88. The summed E-state index contributed by atoms with van der Waals surface area (Å²) in [5.74, 6) is -1.48. The minimum atomic E-state index is -0.835. The van der Waals surface area contributed by atoms with Crippen LogP contribution >= 0.6 is 0 Å². The molecule has 3 rings (SSSR count). The lowest BCUT2D eigenvalue weighted by atomic mass is 10.0. The molecule has 1 aromatic carbocycles. The number of amides is 2. The number of morpholine rings is 1. The SMILES string of the molecule is CCOC(=O)C1=C(COC(=O)c2ccc(N3CCOCC3)c([N+](=O)[O-])c2)NC(=O)N[C@H]1C. The number of urea groups is 1. The van der Waals surface area contributed by atoms with Gasteiger partial charge in [0, 0.05) is 19.2 Å². The second-order valence-corrected chi connectivity index (χ2v) is 7.07. The largest absolute Gasteiger partial charge is 0.463 e. The smallest absolute Gasteiger partial charge is 0.338 e. The summed E-state index contributed by atoms with van der Waals surface area (Å²) in [5, 5.41) is 16.6. The van der Waals surface area contributed by atoms with Crippen LogP contribution in [0.4, 0.5) is 16.2 Å². The molecule has 0 unspecified atom stereocenters. The lowest BCUT2D eigenvalue weighted by Crippen LogP contribution is -2.50. The molecular weight excluding hydrogens is 424 g/mol. The third-order valence-electron chi connectivity index (χ3n) is 4.97. The molecule has 2 aliphatic rings. The average Bonchev–Trinajstić information content (AvgIpc) is 2.77. The van der Waals surface area contributed by atoms with Crippen molar-refractivity contribution in [2.24, 2.45) is 0 Å². The number of anilines is 1. The number of nitro groups is 1. The van der Waals surface area contributed by atoms with Gasteiger partial charge in [0.05, 0.1) is 47.6 Å². The molecule has 1 fully saturated rings. The molecule has 1 atom stereocenters. The quantitative estimate of drug-likeness (QED) is 0.355. The van der Waals surface area contributed by atoms with Crippen molar-refractivity contribution < 1.29 is 33.5 Å². The van der Waals surface area contributed by atoms with Crippen LogP contribution in [0.25, 0.3) is 0 Å². The van der Waals surface area contributed by atoms with Crippen LogP contribution < -0.4 is 15.5 Å². The first kappa shape index (κ1) is 23.0. The van der Waals surface area contributed by atoms with Gasteiger partial charge in [-0.2, -0.15) is 0 Å². The molecule has 1 saturated heterocycles. The van der Waals surface area contributed by atoms with E-state index < -0.39 is 35.5 Å². The van der Waals surface area contributed by atoms with Crippen molar-refractivity contribution in [2.75, 3.05) is 44.4 Å². The summed E-state index contributed by atoms with van der Waals surface area (Å²) in [6.45, 7) is 4.88. The fourth-order valence-corrected chi connectivity index (χ4v) is 3.48. The first-order valence-electron chi connectivity index (χ1n) is 10.1. The number of rotatable bonds is 7. The van der Waals surface area contributed by atoms with Gasteiger partial charge in [-0.3, -0.25) is 10.1 Å². The van der Waals surface area contributed by atoms with Crippen molar-refractivity contribution in [3.8, 4) is 0 Å². The number of nitrogens with one attached hydrogen (secondary N) is 2. The first-order chi connectivity index (χ1) is 15.3. The number of benzene rings is 1. The molecule has 32 heavy (non-hydrogen) atoms. The fourth-order valence-electron chi connectivity index (χ4n) is 3.48. The Hall–Kier alpha value is -3.67. The third kappa shape index (κ3) is 5.14. The van der Waals surface area contributed by atoms with Gasteiger partial charge in [-0.25, -0.2) is 14.4 Å². The number of esters is 2. The van der Waals surface area contributed by atoms with Gasteiger partial charge in [0.2, 0.25) is 0 Å². The van der Waals surface area contributed by atoms with Crippen molar-refractivity contribution in [1.82, 2.24) is 10.6 Å². The van der Waals surface area contributed by atoms with Gasteiger partial charge in [0.15, 0.2) is 0 Å². The second kappa shape index (κ2) is 10.1. The van der Waals surface area contributed by atoms with Crippen molar-refractivity contribution in [3.63, 3.8) is 0 Å². The molecule has 1 aromatic rings. The normalized spacial score (nSPS) is 18.5. The number of carbonyl (C=O) groups excluding carboxylic acids is 3. The summed E-state index contributed by atoms with van der Waals surface area (Å²) in [5.41, 5.74) is 0.360. The maximum absolute atomic E-state index is 12.6. The van der Waals surface area contributed by atoms with Crippen molar-refractivity contribution in [1.29, 1.82) is 0 Å². The topological polar surface area (TPSA) is 149 Å². The Bertz CT molecular complexity index is 955. The zero-order valence-corrected chi connectivity index (χ0v) is 17.7. The number of carbonyl (C=O) groups is 3. The van der Waals surface area contributed by atoms with E-state index in [1.54, 1.807) is 13.8 Å². The van der Waals surface area contributed by atoms with Crippen LogP contribution in [0.1, 0.15) is 24.2 Å². The van der Waals surface area contributed by atoms with E-state index in [4.69, 9.17) is 14.2 Å². The van der Waals surface area contributed by atoms with E-state index in [9.17, 15) is 24.5 Å². The van der Waals surface area contributed by atoms with Crippen molar-refractivity contribution in [3.05, 3.63) is 45.1 Å². The van der Waals surface area contributed by atoms with E-state index in [1.165, 1.54) is 12.1 Å². The summed E-state index contributed by atoms with van der Waals surface area (Å²) >= 11 is 0. The number of nitro benzene ring substituents is 1. The first-order valence-corrected chi connectivity index (χ1v) is 10.1. The molecule has 2 amide bonds. The second-order valence-electron chi connectivity index (χ2n) is 7.07. The van der Waals surface area contributed by atoms with Crippen LogP contribution in [0.3, 0.4) is 0 Å². The standard InChI is InChI=1S/C20H24N4O8/c1-3-31-19(26)17-12(2)21-20(27)22-14(17)11-32-18(25)13-4-5-15(16(10-13)24(28)29)23-6-8-30-9-7-23/h4-5,10,12H,3,6-9,11H2,1-2H3,(H2,21,22,27)/t12-/m0/s1. The minimum Gasteiger partial charge on any atom is -0.463 e. The number of ether oxygens (including phenoxy) is 3. The average molecular weight is 448 g/mol. The molecule has 2 aliphatic heterocycles. The van der Waals surface area contributed by atoms with Gasteiger partial charge in [0.1, 0.15) is 12.3 Å². The van der Waals surface area contributed by atoms with Gasteiger partial charge in [0.25, 0.3) is 5.69 Å². The molecule has 0 bridgehead atoms. The third-order valence-corrected chi connectivity index (χ3v) is 4.97. The van der Waals surface area contributed by atoms with Crippen LogP contribution in [-0.4, -0.2) is 68.5 Å². The van der Waals surface area contributed by atoms with Gasteiger partial charge in [-0.15, -0.1) is 0 Å². The van der Waals surface area contributed by atoms with Gasteiger partial charge >= 0.3 is 18.0 Å². The van der Waals surface area contributed by atoms with E-state index in [0.717, 1.165) is 6.07 Å². The van der Waals surface area contributed by atoms with Crippen LogP contribution in [-0.2, 0) is 19.0 Å². The maximum Gasteiger partial charge on any atom is 0.338 e. The highest BCUT2D eigenvalue weighted by molar-refractivity contribution is 5.95. The van der Waals surface area contributed by atoms with Gasteiger partial charge in [-0.05, 0) is 26.0 Å². The molecule has 2 heterocycles. The lowest BCUT2D eigenvalue weighted by Gasteiger charge is -2.28. The number of hydrogen-bond acceptors (Lipinski definition) is 9. The van der Waals surface area contributed by atoms with Crippen molar-refractivity contribution >= 4 is 29.3 Å².